The summed E-state index contributed by atoms with van der Waals surface area (Å²) < 4.78 is 4.58. The smallest absolute Gasteiger partial charge is 0.153 e. The maximum Gasteiger partial charge on any atom is 0.153 e. The normalized spacial score (nSPS) is 8.71. The van der Waals surface area contributed by atoms with E-state index in [0.29, 0.717) is 6.61 Å². The average Bonchev–Trinajstić information content (AvgIpc) is 1.69. The van der Waals surface area contributed by atoms with E-state index in [1.54, 1.807) is 0 Å². The molecule has 0 fully saturated rings. The zero-order valence-electron chi connectivity index (χ0n) is 3.62. The van der Waals surface area contributed by atoms with E-state index >= 15 is 0 Å². The van der Waals surface area contributed by atoms with E-state index < -0.39 is 0 Å². The van der Waals surface area contributed by atoms with E-state index in [1.807, 2.05) is 0 Å². The average molecular weight is 137 g/mol. The lowest BCUT2D eigenvalue weighted by atomic mass is 10.9. The molecule has 0 aromatic heterocycles. The molecule has 0 saturated heterocycles. The lowest BCUT2D eigenvalue weighted by molar-refractivity contribution is 0.251. The highest BCUT2D eigenvalue weighted by atomic mass is 32.2. The molecule has 0 aromatic carbocycles. The Balaban J connectivity index is 2.56. The minimum Gasteiger partial charge on any atom is -0.308 e. The first-order chi connectivity index (χ1) is 3.41. The van der Waals surface area contributed by atoms with Crippen molar-refractivity contribution in [3.05, 3.63) is 0 Å². The van der Waals surface area contributed by atoms with E-state index in [9.17, 15) is 5.11 Å². The molecule has 0 aromatic rings. The van der Waals surface area contributed by atoms with Crippen LogP contribution in [0.25, 0.3) is 0 Å². The third-order valence-corrected chi connectivity index (χ3v) is 0.803. The van der Waals surface area contributed by atoms with Gasteiger partial charge in [-0.15, -0.1) is 0 Å². The van der Waals surface area contributed by atoms with Crippen LogP contribution in [0.2, 0.25) is 0 Å². The quantitative estimate of drug-likeness (QED) is 0.251. The zero-order chi connectivity index (χ0) is 5.54. The first-order valence-electron chi connectivity index (χ1n) is 1.68. The number of rotatable bonds is 4. The van der Waals surface area contributed by atoms with Gasteiger partial charge in [0.2, 0.25) is 0 Å². The Hall–Kier alpha value is 0.360. The van der Waals surface area contributed by atoms with Gasteiger partial charge in [-0.3, -0.25) is 0 Å². The van der Waals surface area contributed by atoms with Gasteiger partial charge in [-0.05, 0) is 0 Å². The maximum atomic E-state index is 9.59. The Morgan fingerprint density at radius 3 is 3.00 bits per heavy atom. The summed E-state index contributed by atoms with van der Waals surface area (Å²) in [6, 6.07) is 0. The lowest BCUT2D eigenvalue weighted by Gasteiger charge is -1.88. The van der Waals surface area contributed by atoms with Crippen LogP contribution >= 0.6 is 24.3 Å². The Bertz CT molecular complexity index is 48.2. The molecule has 0 bridgehead atoms. The van der Waals surface area contributed by atoms with Gasteiger partial charge in [0.15, 0.2) is 5.94 Å². The summed E-state index contributed by atoms with van der Waals surface area (Å²) in [4.78, 5) is 0. The van der Waals surface area contributed by atoms with Gasteiger partial charge in [-0.25, -0.2) is 5.11 Å². The molecule has 0 N–H and O–H groups in total. The van der Waals surface area contributed by atoms with E-state index in [-0.39, 0.29) is 5.94 Å². The van der Waals surface area contributed by atoms with E-state index in [1.165, 1.54) is 5.37 Å². The predicted molar refractivity (Wildman–Crippen MR) is 32.8 cm³/mol. The maximum absolute atomic E-state index is 9.59. The number of hydrogen-bond donors (Lipinski definition) is 0. The predicted octanol–water partition coefficient (Wildman–Crippen LogP) is 1.04. The van der Waals surface area contributed by atoms with Gasteiger partial charge in [0.05, 0.1) is 6.61 Å². The van der Waals surface area contributed by atoms with Gasteiger partial charge in [-0.1, -0.05) is 12.2 Å². The van der Waals surface area contributed by atoms with Crippen molar-refractivity contribution in [2.45, 2.75) is 0 Å². The van der Waals surface area contributed by atoms with Crippen LogP contribution in [0.5, 0.6) is 0 Å². The summed E-state index contributed by atoms with van der Waals surface area (Å²) in [5, 5.41) is 11.0. The van der Waals surface area contributed by atoms with Gasteiger partial charge >= 0.3 is 0 Å². The van der Waals surface area contributed by atoms with Crippen molar-refractivity contribution in [3.63, 3.8) is 0 Å². The molecule has 0 aliphatic carbocycles. The van der Waals surface area contributed by atoms with Crippen LogP contribution in [0.1, 0.15) is 0 Å². The van der Waals surface area contributed by atoms with Gasteiger partial charge in [-0.2, -0.15) is 0 Å². The van der Waals surface area contributed by atoms with Crippen molar-refractivity contribution in [1.82, 2.24) is 0 Å². The van der Waals surface area contributed by atoms with Crippen LogP contribution in [0.4, 0.5) is 0 Å². The van der Waals surface area contributed by atoms with Crippen molar-refractivity contribution in [2.24, 2.45) is 0 Å². The second-order valence-electron chi connectivity index (χ2n) is 0.687. The number of thiocarbonyl (C=S) groups is 1. The molecule has 0 saturated carbocycles. The molecular weight excluding hydrogens is 132 g/mol. The van der Waals surface area contributed by atoms with Crippen LogP contribution in [0.15, 0.2) is 0 Å². The molecule has 0 heterocycles. The molecule has 1 radical (unpaired) electrons. The van der Waals surface area contributed by atoms with Crippen LogP contribution in [0.3, 0.4) is 0 Å². The van der Waals surface area contributed by atoms with Crippen molar-refractivity contribution in [3.8, 4) is 0 Å². The van der Waals surface area contributed by atoms with Gasteiger partial charge in [0, 0.05) is 17.4 Å². The monoisotopic (exact) mass is 137 g/mol. The molecule has 0 aliphatic rings. The second kappa shape index (κ2) is 6.36. The molecule has 0 aliphatic heterocycles. The second-order valence-corrected chi connectivity index (χ2v) is 1.73. The molecular formula is C3H5O2S2. The van der Waals surface area contributed by atoms with Crippen molar-refractivity contribution in [2.75, 3.05) is 12.5 Å². The fraction of sp³-hybridized carbons (Fsp3) is 0.667. The van der Waals surface area contributed by atoms with Crippen LogP contribution < -0.4 is 0 Å². The Labute approximate surface area is 52.1 Å². The molecule has 7 heavy (non-hydrogen) atoms. The topological polar surface area (TPSA) is 29.1 Å². The van der Waals surface area contributed by atoms with Crippen molar-refractivity contribution >= 4 is 29.6 Å². The van der Waals surface area contributed by atoms with Gasteiger partial charge < -0.3 is 4.18 Å². The summed E-state index contributed by atoms with van der Waals surface area (Å²) in [6.07, 6.45) is 0. The highest BCUT2D eigenvalue weighted by molar-refractivity contribution is 7.94. The van der Waals surface area contributed by atoms with E-state index in [0.717, 1.165) is 12.0 Å². The summed E-state index contributed by atoms with van der Waals surface area (Å²) in [5.41, 5.74) is 0. The Morgan fingerprint density at radius 2 is 2.57 bits per heavy atom. The standard InChI is InChI=1S/C3H5O2S2/c4-3-7-5-1-2-6/h2H,1,3H2. The fourth-order valence-corrected chi connectivity index (χ4v) is 0.496. The summed E-state index contributed by atoms with van der Waals surface area (Å²) in [5.74, 6) is -0.261. The van der Waals surface area contributed by atoms with E-state index in [4.69, 9.17) is 0 Å². The lowest BCUT2D eigenvalue weighted by Crippen LogP contribution is -1.84. The van der Waals surface area contributed by atoms with E-state index in [2.05, 4.69) is 16.4 Å². The minimum absolute atomic E-state index is 0.261. The van der Waals surface area contributed by atoms with Crippen LogP contribution in [-0.2, 0) is 9.29 Å². The summed E-state index contributed by atoms with van der Waals surface area (Å²) in [6.45, 7) is 0.377. The summed E-state index contributed by atoms with van der Waals surface area (Å²) in [7, 11) is 0. The third kappa shape index (κ3) is 6.36. The largest absolute Gasteiger partial charge is 0.308 e. The molecule has 0 spiro atoms. The summed E-state index contributed by atoms with van der Waals surface area (Å²) >= 11 is 5.28. The highest BCUT2D eigenvalue weighted by Crippen LogP contribution is 1.96. The number of hydrogen-bond acceptors (Lipinski definition) is 3. The minimum atomic E-state index is -0.261. The van der Waals surface area contributed by atoms with Crippen molar-refractivity contribution < 1.29 is 9.29 Å². The first-order valence-corrected chi connectivity index (χ1v) is 3.06. The van der Waals surface area contributed by atoms with Crippen LogP contribution in [-0.4, -0.2) is 17.9 Å². The molecule has 0 unspecified atom stereocenters. The molecule has 4 heteroatoms. The Kier molecular flexibility index (Phi) is 6.69. The molecule has 0 atom stereocenters. The van der Waals surface area contributed by atoms with Gasteiger partial charge in [0.25, 0.3) is 0 Å². The molecule has 0 rings (SSSR count). The third-order valence-electron chi connectivity index (χ3n) is 0.268. The molecule has 2 nitrogen and oxygen atoms in total. The highest BCUT2D eigenvalue weighted by Gasteiger charge is 1.79. The Morgan fingerprint density at radius 1 is 1.86 bits per heavy atom. The fourth-order valence-electron chi connectivity index (χ4n) is 0.110. The van der Waals surface area contributed by atoms with Crippen molar-refractivity contribution in [1.29, 1.82) is 0 Å². The zero-order valence-corrected chi connectivity index (χ0v) is 5.26. The van der Waals surface area contributed by atoms with Crippen LogP contribution in [0, 0.1) is 0 Å². The molecule has 0 amide bonds. The molecule has 41 valence electrons. The SMILES string of the molecule is [O]CSOCC=S. The van der Waals surface area contributed by atoms with Gasteiger partial charge in [0.1, 0.15) is 0 Å². The first kappa shape index (κ1) is 7.36.